The van der Waals surface area contributed by atoms with Crippen LogP contribution >= 0.6 is 34.7 Å². The first kappa shape index (κ1) is 24.2. The molecule has 3 heterocycles. The Labute approximate surface area is 226 Å². The maximum absolute atomic E-state index is 13.9. The van der Waals surface area contributed by atoms with E-state index in [2.05, 4.69) is 17.3 Å². The molecule has 0 atom stereocenters. The zero-order chi connectivity index (χ0) is 25.5. The third-order valence-electron chi connectivity index (χ3n) is 6.52. The first-order chi connectivity index (χ1) is 18.0. The molecule has 5 aromatic rings. The smallest absolute Gasteiger partial charge is 0.267 e. The van der Waals surface area contributed by atoms with Gasteiger partial charge in [-0.05, 0) is 54.8 Å². The van der Waals surface area contributed by atoms with E-state index in [1.54, 1.807) is 28.0 Å². The van der Waals surface area contributed by atoms with Crippen molar-refractivity contribution in [1.29, 1.82) is 0 Å². The third kappa shape index (κ3) is 4.66. The molecule has 6 nitrogen and oxygen atoms in total. The van der Waals surface area contributed by atoms with Crippen LogP contribution in [-0.2, 0) is 17.8 Å². The normalized spacial score (nSPS) is 13.7. The first-order valence-corrected chi connectivity index (χ1v) is 14.1. The largest absolute Gasteiger partial charge is 0.325 e. The summed E-state index contributed by atoms with van der Waals surface area (Å²) in [6, 6.07) is 20.9. The van der Waals surface area contributed by atoms with Gasteiger partial charge in [-0.25, -0.2) is 4.98 Å². The molecule has 0 bridgehead atoms. The summed E-state index contributed by atoms with van der Waals surface area (Å²) in [5.74, 6) is -0.0479. The Hall–Kier alpha value is -3.17. The number of hydrogen-bond acceptors (Lipinski definition) is 6. The molecule has 1 aliphatic rings. The lowest BCUT2D eigenvalue weighted by molar-refractivity contribution is -0.113. The lowest BCUT2D eigenvalue weighted by Gasteiger charge is -2.21. The fourth-order valence-corrected chi connectivity index (χ4v) is 7.00. The van der Waals surface area contributed by atoms with Gasteiger partial charge in [0.15, 0.2) is 5.16 Å². The van der Waals surface area contributed by atoms with Crippen LogP contribution < -0.4 is 10.9 Å². The van der Waals surface area contributed by atoms with Crippen molar-refractivity contribution in [1.82, 2.24) is 14.5 Å². The summed E-state index contributed by atoms with van der Waals surface area (Å²) in [7, 11) is 2.09. The topological polar surface area (TPSA) is 67.2 Å². The molecule has 0 saturated carbocycles. The highest BCUT2D eigenvalue weighted by Crippen LogP contribution is 2.34. The third-order valence-corrected chi connectivity index (χ3v) is 8.82. The monoisotopic (exact) mass is 546 g/mol. The van der Waals surface area contributed by atoms with Crippen LogP contribution in [0.4, 0.5) is 5.69 Å². The minimum atomic E-state index is -0.162. The molecule has 0 fully saturated rings. The van der Waals surface area contributed by atoms with Gasteiger partial charge in [0, 0.05) is 34.1 Å². The summed E-state index contributed by atoms with van der Waals surface area (Å²) in [5, 5.41) is 6.83. The Kier molecular flexibility index (Phi) is 6.50. The van der Waals surface area contributed by atoms with E-state index >= 15 is 0 Å². The van der Waals surface area contributed by atoms with Gasteiger partial charge >= 0.3 is 0 Å². The second-order valence-corrected chi connectivity index (χ2v) is 11.5. The molecular formula is C28H23ClN4O2S2. The molecule has 0 saturated heterocycles. The second kappa shape index (κ2) is 9.95. The number of thioether (sulfide) groups is 1. The van der Waals surface area contributed by atoms with E-state index in [4.69, 9.17) is 16.6 Å². The molecule has 0 aliphatic carbocycles. The van der Waals surface area contributed by atoms with Crippen LogP contribution in [0.2, 0.25) is 5.02 Å². The molecule has 6 rings (SSSR count). The minimum Gasteiger partial charge on any atom is -0.325 e. The fraction of sp³-hybridized carbons (Fsp3) is 0.179. The number of aromatic nitrogens is 2. The van der Waals surface area contributed by atoms with Crippen LogP contribution in [0.1, 0.15) is 10.4 Å². The molecule has 1 aliphatic heterocycles. The van der Waals surface area contributed by atoms with E-state index in [9.17, 15) is 9.59 Å². The number of nitrogens with zero attached hydrogens (tertiary/aromatic N) is 3. The van der Waals surface area contributed by atoms with Crippen LogP contribution in [0.3, 0.4) is 0 Å². The van der Waals surface area contributed by atoms with E-state index in [0.717, 1.165) is 46.4 Å². The molecule has 0 spiro atoms. The van der Waals surface area contributed by atoms with E-state index in [0.29, 0.717) is 21.3 Å². The molecule has 186 valence electrons. The Bertz CT molecular complexity index is 1710. The lowest BCUT2D eigenvalue weighted by atomic mass is 10.1. The molecular weight excluding hydrogens is 524 g/mol. The Morgan fingerprint density at radius 3 is 2.73 bits per heavy atom. The number of fused-ring (bicyclic) bond motifs is 4. The van der Waals surface area contributed by atoms with E-state index in [-0.39, 0.29) is 17.2 Å². The van der Waals surface area contributed by atoms with E-state index in [1.807, 2.05) is 54.6 Å². The average Bonchev–Trinajstić information content (AvgIpc) is 3.26. The average molecular weight is 547 g/mol. The van der Waals surface area contributed by atoms with Gasteiger partial charge in [-0.15, -0.1) is 11.3 Å². The van der Waals surface area contributed by atoms with Crippen molar-refractivity contribution in [2.24, 2.45) is 0 Å². The van der Waals surface area contributed by atoms with Crippen LogP contribution in [0.15, 0.2) is 76.7 Å². The highest BCUT2D eigenvalue weighted by atomic mass is 35.5. The van der Waals surface area contributed by atoms with Crippen LogP contribution in [0.5, 0.6) is 0 Å². The standard InChI is InChI=1S/C28H23ClN4O2S2/c1-32-14-13-21-23(15-32)37-26-25(21)27(35)33(19-11-9-18(29)10-12-19)28(31-26)36-16-24(34)30-22-8-4-6-17-5-2-3-7-20(17)22/h2-12H,13-16H2,1H3,(H,30,34). The molecule has 2 aromatic heterocycles. The summed E-state index contributed by atoms with van der Waals surface area (Å²) >= 11 is 8.95. The van der Waals surface area contributed by atoms with Crippen molar-refractivity contribution < 1.29 is 4.79 Å². The first-order valence-electron chi connectivity index (χ1n) is 11.9. The number of likely N-dealkylation sites (N-methyl/N-ethyl adjacent to an activating group) is 1. The number of carbonyl (C=O) groups excluding carboxylic acids is 1. The Balaban J connectivity index is 1.36. The maximum atomic E-state index is 13.9. The number of amides is 1. The molecule has 3 aromatic carbocycles. The number of hydrogen-bond donors (Lipinski definition) is 1. The highest BCUT2D eigenvalue weighted by Gasteiger charge is 2.25. The predicted molar refractivity (Wildman–Crippen MR) is 154 cm³/mol. The lowest BCUT2D eigenvalue weighted by Crippen LogP contribution is -2.27. The van der Waals surface area contributed by atoms with Gasteiger partial charge in [0.05, 0.1) is 16.8 Å². The minimum absolute atomic E-state index is 0.105. The highest BCUT2D eigenvalue weighted by molar-refractivity contribution is 7.99. The molecule has 9 heteroatoms. The van der Waals surface area contributed by atoms with Crippen molar-refractivity contribution >= 4 is 67.3 Å². The summed E-state index contributed by atoms with van der Waals surface area (Å²) in [6.45, 7) is 1.72. The van der Waals surface area contributed by atoms with Gasteiger partial charge in [0.1, 0.15) is 4.83 Å². The molecule has 1 amide bonds. The van der Waals surface area contributed by atoms with Crippen molar-refractivity contribution in [3.8, 4) is 5.69 Å². The van der Waals surface area contributed by atoms with Gasteiger partial charge in [0.2, 0.25) is 5.91 Å². The number of thiophene rings is 1. The SMILES string of the molecule is CN1CCc2c(sc3nc(SCC(=O)Nc4cccc5ccccc45)n(-c4ccc(Cl)cc4)c(=O)c23)C1. The number of halogens is 1. The molecule has 37 heavy (non-hydrogen) atoms. The fourth-order valence-electron chi connectivity index (χ4n) is 4.72. The van der Waals surface area contributed by atoms with Gasteiger partial charge < -0.3 is 10.2 Å². The van der Waals surface area contributed by atoms with Crippen molar-refractivity contribution in [2.75, 3.05) is 24.7 Å². The summed E-state index contributed by atoms with van der Waals surface area (Å²) in [4.78, 5) is 36.0. The van der Waals surface area contributed by atoms with Crippen molar-refractivity contribution in [3.05, 3.63) is 92.5 Å². The Morgan fingerprint density at radius 2 is 1.89 bits per heavy atom. The van der Waals surface area contributed by atoms with Crippen LogP contribution in [0, 0.1) is 0 Å². The summed E-state index contributed by atoms with van der Waals surface area (Å²) < 4.78 is 1.61. The zero-order valence-corrected chi connectivity index (χ0v) is 22.4. The van der Waals surface area contributed by atoms with E-state index in [1.165, 1.54) is 16.6 Å². The number of anilines is 1. The predicted octanol–water partition coefficient (Wildman–Crippen LogP) is 5.97. The number of carbonyl (C=O) groups is 1. The quantitative estimate of drug-likeness (QED) is 0.217. The van der Waals surface area contributed by atoms with Gasteiger partial charge in [-0.1, -0.05) is 59.8 Å². The maximum Gasteiger partial charge on any atom is 0.267 e. The van der Waals surface area contributed by atoms with Crippen LogP contribution in [0.25, 0.3) is 26.7 Å². The zero-order valence-electron chi connectivity index (χ0n) is 20.0. The number of benzene rings is 3. The molecule has 1 N–H and O–H groups in total. The summed E-state index contributed by atoms with van der Waals surface area (Å²) in [6.07, 6.45) is 0.823. The van der Waals surface area contributed by atoms with Crippen molar-refractivity contribution in [2.45, 2.75) is 18.1 Å². The van der Waals surface area contributed by atoms with Gasteiger partial charge in [0.25, 0.3) is 5.56 Å². The molecule has 0 unspecified atom stereocenters. The molecule has 0 radical (unpaired) electrons. The van der Waals surface area contributed by atoms with Crippen molar-refractivity contribution in [3.63, 3.8) is 0 Å². The number of nitrogens with one attached hydrogen (secondary N) is 1. The Morgan fingerprint density at radius 1 is 1.11 bits per heavy atom. The van der Waals surface area contributed by atoms with E-state index < -0.39 is 0 Å². The van der Waals surface area contributed by atoms with Gasteiger partial charge in [-0.3, -0.25) is 14.2 Å². The summed E-state index contributed by atoms with van der Waals surface area (Å²) in [5.41, 5.74) is 2.43. The van der Waals surface area contributed by atoms with Gasteiger partial charge in [-0.2, -0.15) is 0 Å². The van der Waals surface area contributed by atoms with Crippen LogP contribution in [-0.4, -0.2) is 39.7 Å². The number of rotatable bonds is 5. The second-order valence-electron chi connectivity index (χ2n) is 9.05.